The number of amides is 1. The molecule has 2 rings (SSSR count). The minimum absolute atomic E-state index is 0.0618. The van der Waals surface area contributed by atoms with Crippen LogP contribution >= 0.6 is 0 Å². The highest BCUT2D eigenvalue weighted by Gasteiger charge is 2.28. The monoisotopic (exact) mass is 255 g/mol. The molecule has 0 saturated heterocycles. The van der Waals surface area contributed by atoms with E-state index in [1.165, 1.54) is 12.3 Å². The first-order valence-electron chi connectivity index (χ1n) is 5.21. The number of rotatable bonds is 4. The zero-order chi connectivity index (χ0) is 12.5. The number of nitrogens with one attached hydrogen (secondary N) is 1. The lowest BCUT2D eigenvalue weighted by atomic mass is 10.4. The number of nitrogen functional groups attached to an aromatic ring is 1. The van der Waals surface area contributed by atoms with Gasteiger partial charge in [0, 0.05) is 12.2 Å². The van der Waals surface area contributed by atoms with Gasteiger partial charge in [-0.3, -0.25) is 4.79 Å². The Morgan fingerprint density at radius 3 is 2.82 bits per heavy atom. The summed E-state index contributed by atoms with van der Waals surface area (Å²) in [5.74, 6) is -1.11. The molecule has 0 unspecified atom stereocenters. The number of anilines is 1. The molecule has 92 valence electrons. The van der Waals surface area contributed by atoms with Gasteiger partial charge in [-0.05, 0) is 25.0 Å². The Hall–Kier alpha value is -1.63. The van der Waals surface area contributed by atoms with Gasteiger partial charge in [0.25, 0.3) is 0 Å². The second-order valence-corrected chi connectivity index (χ2v) is 5.90. The number of nitrogens with two attached hydrogens (primary N) is 1. The van der Waals surface area contributed by atoms with Crippen molar-refractivity contribution < 1.29 is 13.2 Å². The van der Waals surface area contributed by atoms with Crippen LogP contribution in [0.2, 0.25) is 0 Å². The third kappa shape index (κ3) is 2.94. The first kappa shape index (κ1) is 11.8. The number of hydrogen-bond acceptors (Lipinski definition) is 5. The van der Waals surface area contributed by atoms with Gasteiger partial charge >= 0.3 is 0 Å². The van der Waals surface area contributed by atoms with Crippen molar-refractivity contribution in [2.24, 2.45) is 0 Å². The van der Waals surface area contributed by atoms with E-state index in [-0.39, 0.29) is 16.8 Å². The number of hydrogen-bond donors (Lipinski definition) is 2. The van der Waals surface area contributed by atoms with Crippen LogP contribution in [0.15, 0.2) is 23.4 Å². The van der Waals surface area contributed by atoms with E-state index < -0.39 is 21.5 Å². The lowest BCUT2D eigenvalue weighted by Gasteiger charge is -2.06. The van der Waals surface area contributed by atoms with Crippen LogP contribution < -0.4 is 11.1 Å². The Bertz CT molecular complexity index is 537. The maximum atomic E-state index is 11.9. The topological polar surface area (TPSA) is 102 Å². The Kier molecular flexibility index (Phi) is 3.01. The largest absolute Gasteiger partial charge is 0.396 e. The molecule has 3 N–H and O–H groups in total. The van der Waals surface area contributed by atoms with E-state index in [1.807, 2.05) is 0 Å². The summed E-state index contributed by atoms with van der Waals surface area (Å²) in [6.45, 7) is 0. The van der Waals surface area contributed by atoms with Gasteiger partial charge in [0.15, 0.2) is 5.03 Å². The molecule has 1 saturated carbocycles. The van der Waals surface area contributed by atoms with Gasteiger partial charge in [0.1, 0.15) is 5.75 Å². The van der Waals surface area contributed by atoms with E-state index >= 15 is 0 Å². The maximum absolute atomic E-state index is 11.9. The summed E-state index contributed by atoms with van der Waals surface area (Å²) in [4.78, 5) is 15.1. The third-order valence-electron chi connectivity index (χ3n) is 2.36. The van der Waals surface area contributed by atoms with Gasteiger partial charge in [0.05, 0.1) is 5.69 Å². The van der Waals surface area contributed by atoms with Crippen molar-refractivity contribution in [3.63, 3.8) is 0 Å². The first-order chi connectivity index (χ1) is 7.99. The molecule has 0 aromatic carbocycles. The van der Waals surface area contributed by atoms with Crippen molar-refractivity contribution in [2.45, 2.75) is 23.9 Å². The van der Waals surface area contributed by atoms with Crippen molar-refractivity contribution in [2.75, 3.05) is 11.5 Å². The SMILES string of the molecule is Nc1cccnc1S(=O)(=O)CC(=O)NC1CC1. The Morgan fingerprint density at radius 2 is 2.24 bits per heavy atom. The number of carbonyl (C=O) groups excluding carboxylic acids is 1. The lowest BCUT2D eigenvalue weighted by molar-refractivity contribution is -0.118. The highest BCUT2D eigenvalue weighted by molar-refractivity contribution is 7.92. The Balaban J connectivity index is 2.13. The summed E-state index contributed by atoms with van der Waals surface area (Å²) in [5, 5.41) is 2.38. The van der Waals surface area contributed by atoms with Crippen LogP contribution in [-0.2, 0) is 14.6 Å². The molecule has 1 aromatic rings. The predicted molar refractivity (Wildman–Crippen MR) is 61.9 cm³/mol. The minimum Gasteiger partial charge on any atom is -0.396 e. The molecular formula is C10H13N3O3S. The fraction of sp³-hybridized carbons (Fsp3) is 0.400. The van der Waals surface area contributed by atoms with E-state index in [4.69, 9.17) is 5.73 Å². The fourth-order valence-corrected chi connectivity index (χ4v) is 2.61. The van der Waals surface area contributed by atoms with Crippen molar-refractivity contribution in [1.82, 2.24) is 10.3 Å². The van der Waals surface area contributed by atoms with E-state index in [2.05, 4.69) is 10.3 Å². The van der Waals surface area contributed by atoms with Crippen LogP contribution in [0.4, 0.5) is 5.69 Å². The molecule has 0 aliphatic heterocycles. The van der Waals surface area contributed by atoms with E-state index in [1.54, 1.807) is 6.07 Å². The molecule has 7 heteroatoms. The zero-order valence-corrected chi connectivity index (χ0v) is 9.90. The Labute approximate surface area is 99.1 Å². The summed E-state index contributed by atoms with van der Waals surface area (Å²) in [5.41, 5.74) is 5.58. The smallest absolute Gasteiger partial charge is 0.235 e. The maximum Gasteiger partial charge on any atom is 0.235 e. The highest BCUT2D eigenvalue weighted by atomic mass is 32.2. The van der Waals surface area contributed by atoms with Gasteiger partial charge < -0.3 is 11.1 Å². The quantitative estimate of drug-likeness (QED) is 0.770. The van der Waals surface area contributed by atoms with E-state index in [9.17, 15) is 13.2 Å². The van der Waals surface area contributed by atoms with E-state index in [0.29, 0.717) is 0 Å². The van der Waals surface area contributed by atoms with Crippen molar-refractivity contribution in [1.29, 1.82) is 0 Å². The van der Waals surface area contributed by atoms with Crippen LogP contribution in [-0.4, -0.2) is 31.1 Å². The number of pyridine rings is 1. The summed E-state index contributed by atoms with van der Waals surface area (Å²) >= 11 is 0. The van der Waals surface area contributed by atoms with Crippen molar-refractivity contribution in [3.8, 4) is 0 Å². The van der Waals surface area contributed by atoms with Gasteiger partial charge in [-0.1, -0.05) is 0 Å². The highest BCUT2D eigenvalue weighted by Crippen LogP contribution is 2.19. The average molecular weight is 255 g/mol. The second-order valence-electron chi connectivity index (χ2n) is 4.00. The third-order valence-corrected chi connectivity index (χ3v) is 3.93. The fourth-order valence-electron chi connectivity index (χ4n) is 1.40. The van der Waals surface area contributed by atoms with Gasteiger partial charge in [-0.25, -0.2) is 13.4 Å². The van der Waals surface area contributed by atoms with Crippen molar-refractivity contribution >= 4 is 21.4 Å². The molecule has 1 fully saturated rings. The summed E-state index contributed by atoms with van der Waals surface area (Å²) in [6.07, 6.45) is 3.16. The standard InChI is InChI=1S/C10H13N3O3S/c11-8-2-1-5-12-10(8)17(15,16)6-9(14)13-7-3-4-7/h1-2,5,7H,3-4,6,11H2,(H,13,14). The molecule has 0 bridgehead atoms. The predicted octanol–water partition coefficient (Wildman–Crippen LogP) is -0.284. The molecule has 1 heterocycles. The molecule has 0 radical (unpaired) electrons. The minimum atomic E-state index is -3.76. The molecule has 17 heavy (non-hydrogen) atoms. The van der Waals surface area contributed by atoms with Crippen LogP contribution in [0, 0.1) is 0 Å². The molecule has 0 atom stereocenters. The molecule has 6 nitrogen and oxygen atoms in total. The van der Waals surface area contributed by atoms with Crippen LogP contribution in [0.1, 0.15) is 12.8 Å². The molecule has 0 spiro atoms. The molecule has 1 aliphatic rings. The average Bonchev–Trinajstić information content (AvgIpc) is 3.00. The normalized spacial score (nSPS) is 15.5. The van der Waals surface area contributed by atoms with Crippen LogP contribution in [0.5, 0.6) is 0 Å². The molecule has 1 aromatic heterocycles. The van der Waals surface area contributed by atoms with Crippen molar-refractivity contribution in [3.05, 3.63) is 18.3 Å². The summed E-state index contributed by atoms with van der Waals surface area (Å²) in [7, 11) is -3.76. The summed E-state index contributed by atoms with van der Waals surface area (Å²) in [6, 6.07) is 3.12. The first-order valence-corrected chi connectivity index (χ1v) is 6.87. The van der Waals surface area contributed by atoms with E-state index in [0.717, 1.165) is 12.8 Å². The number of nitrogens with zero attached hydrogens (tertiary/aromatic N) is 1. The number of carbonyl (C=O) groups is 1. The second kappa shape index (κ2) is 4.33. The Morgan fingerprint density at radius 1 is 1.53 bits per heavy atom. The van der Waals surface area contributed by atoms with Crippen LogP contribution in [0.25, 0.3) is 0 Å². The number of sulfone groups is 1. The number of aromatic nitrogens is 1. The van der Waals surface area contributed by atoms with Gasteiger partial charge in [-0.2, -0.15) is 0 Å². The summed E-state index contributed by atoms with van der Waals surface area (Å²) < 4.78 is 23.7. The van der Waals surface area contributed by atoms with Gasteiger partial charge in [0.2, 0.25) is 15.7 Å². The lowest BCUT2D eigenvalue weighted by Crippen LogP contribution is -2.32. The van der Waals surface area contributed by atoms with Crippen LogP contribution in [0.3, 0.4) is 0 Å². The van der Waals surface area contributed by atoms with Gasteiger partial charge in [-0.15, -0.1) is 0 Å². The molecular weight excluding hydrogens is 242 g/mol. The molecule has 1 amide bonds. The molecule has 1 aliphatic carbocycles. The zero-order valence-electron chi connectivity index (χ0n) is 9.09.